The van der Waals surface area contributed by atoms with Gasteiger partial charge in [-0.25, -0.2) is 0 Å². The first-order valence-corrected chi connectivity index (χ1v) is 2.99. The molecule has 0 fully saturated rings. The molecule has 0 bridgehead atoms. The zero-order valence-electron chi connectivity index (χ0n) is 5.89. The molecule has 0 unspecified atom stereocenters. The van der Waals surface area contributed by atoms with E-state index in [0.717, 1.165) is 0 Å². The molecule has 0 atom stereocenters. The average molecular weight is 121 g/mol. The average Bonchev–Trinajstić information content (AvgIpc) is 2.13. The van der Waals surface area contributed by atoms with Crippen LogP contribution in [0.2, 0.25) is 0 Å². The minimum absolute atomic E-state index is 1.19. The van der Waals surface area contributed by atoms with E-state index in [2.05, 4.69) is 30.3 Å². The normalized spacial score (nSPS) is 9.56. The van der Waals surface area contributed by atoms with E-state index < -0.39 is 0 Å². The lowest BCUT2D eigenvalue weighted by molar-refractivity contribution is 0.882. The highest BCUT2D eigenvalue weighted by molar-refractivity contribution is 5.46. The minimum Gasteiger partial charge on any atom is -0.354 e. The third-order valence-electron chi connectivity index (χ3n) is 1.51. The molecule has 1 nitrogen and oxygen atoms in total. The lowest BCUT2D eigenvalue weighted by Gasteiger charge is -1.89. The zero-order chi connectivity index (χ0) is 6.85. The van der Waals surface area contributed by atoms with Crippen LogP contribution in [-0.2, 0) is 7.05 Å². The SMILES string of the molecule is C=Cc1cc(C)n(C)c1. The minimum atomic E-state index is 1.19. The second-order valence-electron chi connectivity index (χ2n) is 2.23. The molecule has 0 aliphatic carbocycles. The van der Waals surface area contributed by atoms with Crippen molar-refractivity contribution in [3.8, 4) is 0 Å². The van der Waals surface area contributed by atoms with E-state index in [9.17, 15) is 0 Å². The molecule has 0 saturated carbocycles. The molecule has 0 aliphatic heterocycles. The molecular formula is C8H11N. The Kier molecular flexibility index (Phi) is 1.43. The van der Waals surface area contributed by atoms with Gasteiger partial charge in [-0.1, -0.05) is 12.7 Å². The highest BCUT2D eigenvalue weighted by Crippen LogP contribution is 2.05. The number of nitrogens with zero attached hydrogens (tertiary/aromatic N) is 1. The van der Waals surface area contributed by atoms with Crippen LogP contribution in [0.15, 0.2) is 18.8 Å². The summed E-state index contributed by atoms with van der Waals surface area (Å²) in [5, 5.41) is 0. The van der Waals surface area contributed by atoms with Crippen molar-refractivity contribution in [2.75, 3.05) is 0 Å². The van der Waals surface area contributed by atoms with E-state index in [1.54, 1.807) is 0 Å². The van der Waals surface area contributed by atoms with Crippen molar-refractivity contribution in [2.45, 2.75) is 6.92 Å². The van der Waals surface area contributed by atoms with Gasteiger partial charge in [-0.05, 0) is 18.6 Å². The highest BCUT2D eigenvalue weighted by atomic mass is 14.9. The van der Waals surface area contributed by atoms with Gasteiger partial charge in [0.05, 0.1) is 0 Å². The molecule has 1 heteroatoms. The zero-order valence-corrected chi connectivity index (χ0v) is 5.89. The lowest BCUT2D eigenvalue weighted by atomic mass is 10.3. The number of rotatable bonds is 1. The van der Waals surface area contributed by atoms with Crippen LogP contribution in [0.3, 0.4) is 0 Å². The summed E-state index contributed by atoms with van der Waals surface area (Å²) in [7, 11) is 2.03. The van der Waals surface area contributed by atoms with Crippen LogP contribution >= 0.6 is 0 Å². The van der Waals surface area contributed by atoms with E-state index in [1.165, 1.54) is 11.3 Å². The Morgan fingerprint density at radius 3 is 2.56 bits per heavy atom. The molecule has 1 aromatic rings. The first-order chi connectivity index (χ1) is 4.24. The van der Waals surface area contributed by atoms with Gasteiger partial charge in [0.25, 0.3) is 0 Å². The monoisotopic (exact) mass is 121 g/mol. The molecular weight excluding hydrogens is 110 g/mol. The second-order valence-corrected chi connectivity index (χ2v) is 2.23. The lowest BCUT2D eigenvalue weighted by Crippen LogP contribution is -1.85. The van der Waals surface area contributed by atoms with E-state index >= 15 is 0 Å². The predicted molar refractivity (Wildman–Crippen MR) is 40.2 cm³/mol. The largest absolute Gasteiger partial charge is 0.354 e. The number of aromatic nitrogens is 1. The van der Waals surface area contributed by atoms with Crippen LogP contribution in [0.5, 0.6) is 0 Å². The maximum absolute atomic E-state index is 3.67. The summed E-state index contributed by atoms with van der Waals surface area (Å²) >= 11 is 0. The molecule has 1 aromatic heterocycles. The molecule has 0 saturated heterocycles. The fraction of sp³-hybridized carbons (Fsp3) is 0.250. The van der Waals surface area contributed by atoms with E-state index in [4.69, 9.17) is 0 Å². The van der Waals surface area contributed by atoms with Gasteiger partial charge in [0.1, 0.15) is 0 Å². The Balaban J connectivity index is 3.11. The van der Waals surface area contributed by atoms with Crippen LogP contribution in [0, 0.1) is 6.92 Å². The Labute approximate surface area is 55.6 Å². The summed E-state index contributed by atoms with van der Waals surface area (Å²) < 4.78 is 2.08. The van der Waals surface area contributed by atoms with Crippen molar-refractivity contribution in [2.24, 2.45) is 7.05 Å². The third-order valence-corrected chi connectivity index (χ3v) is 1.51. The molecule has 0 N–H and O–H groups in total. The second kappa shape index (κ2) is 2.09. The smallest absolute Gasteiger partial charge is 0.0146 e. The van der Waals surface area contributed by atoms with Crippen molar-refractivity contribution in [1.29, 1.82) is 0 Å². The Morgan fingerprint density at radius 2 is 2.33 bits per heavy atom. The van der Waals surface area contributed by atoms with Crippen LogP contribution in [0.25, 0.3) is 6.08 Å². The van der Waals surface area contributed by atoms with Crippen molar-refractivity contribution < 1.29 is 0 Å². The van der Waals surface area contributed by atoms with Crippen LogP contribution in [0.1, 0.15) is 11.3 Å². The van der Waals surface area contributed by atoms with Crippen molar-refractivity contribution in [1.82, 2.24) is 4.57 Å². The fourth-order valence-electron chi connectivity index (χ4n) is 0.817. The fourth-order valence-corrected chi connectivity index (χ4v) is 0.817. The van der Waals surface area contributed by atoms with E-state index in [0.29, 0.717) is 0 Å². The quantitative estimate of drug-likeness (QED) is 0.535. The molecule has 48 valence electrons. The molecule has 0 amide bonds. The van der Waals surface area contributed by atoms with Gasteiger partial charge >= 0.3 is 0 Å². The third kappa shape index (κ3) is 1.04. The molecule has 0 aromatic carbocycles. The first kappa shape index (κ1) is 6.14. The number of hydrogen-bond acceptors (Lipinski definition) is 0. The molecule has 9 heavy (non-hydrogen) atoms. The predicted octanol–water partition coefficient (Wildman–Crippen LogP) is 1.98. The van der Waals surface area contributed by atoms with Gasteiger partial charge in [0.2, 0.25) is 0 Å². The molecule has 0 radical (unpaired) electrons. The standard InChI is InChI=1S/C8H11N/c1-4-8-5-7(2)9(3)6-8/h4-6H,1H2,2-3H3. The van der Waals surface area contributed by atoms with E-state index in [-0.39, 0.29) is 0 Å². The summed E-state index contributed by atoms with van der Waals surface area (Å²) in [5.41, 5.74) is 2.46. The maximum Gasteiger partial charge on any atom is 0.0146 e. The van der Waals surface area contributed by atoms with Crippen molar-refractivity contribution >= 4 is 6.08 Å². The van der Waals surface area contributed by atoms with Gasteiger partial charge in [-0.2, -0.15) is 0 Å². The molecule has 1 heterocycles. The Hall–Kier alpha value is -0.980. The highest BCUT2D eigenvalue weighted by Gasteiger charge is 1.91. The summed E-state index contributed by atoms with van der Waals surface area (Å²) in [6.07, 6.45) is 3.91. The molecule has 1 rings (SSSR count). The van der Waals surface area contributed by atoms with Gasteiger partial charge in [-0.15, -0.1) is 0 Å². The Morgan fingerprint density at radius 1 is 1.67 bits per heavy atom. The van der Waals surface area contributed by atoms with Crippen molar-refractivity contribution in [3.05, 3.63) is 30.1 Å². The summed E-state index contributed by atoms with van der Waals surface area (Å²) in [6.45, 7) is 5.75. The summed E-state index contributed by atoms with van der Waals surface area (Å²) in [5.74, 6) is 0. The van der Waals surface area contributed by atoms with Crippen LogP contribution in [0.4, 0.5) is 0 Å². The van der Waals surface area contributed by atoms with Gasteiger partial charge in [0.15, 0.2) is 0 Å². The molecule has 0 spiro atoms. The van der Waals surface area contributed by atoms with Crippen LogP contribution < -0.4 is 0 Å². The van der Waals surface area contributed by atoms with Crippen molar-refractivity contribution in [3.63, 3.8) is 0 Å². The molecule has 0 aliphatic rings. The van der Waals surface area contributed by atoms with Gasteiger partial charge in [-0.3, -0.25) is 0 Å². The number of aryl methyl sites for hydroxylation is 2. The van der Waals surface area contributed by atoms with Crippen LogP contribution in [-0.4, -0.2) is 4.57 Å². The topological polar surface area (TPSA) is 4.93 Å². The Bertz CT molecular complexity index is 201. The van der Waals surface area contributed by atoms with Gasteiger partial charge in [0, 0.05) is 18.9 Å². The number of hydrogen-bond donors (Lipinski definition) is 0. The maximum atomic E-state index is 3.67. The first-order valence-electron chi connectivity index (χ1n) is 2.99. The summed E-state index contributed by atoms with van der Waals surface area (Å²) in [6, 6.07) is 2.10. The van der Waals surface area contributed by atoms with Gasteiger partial charge < -0.3 is 4.57 Å². The summed E-state index contributed by atoms with van der Waals surface area (Å²) in [4.78, 5) is 0. The van der Waals surface area contributed by atoms with E-state index in [1.807, 2.05) is 13.1 Å².